The zero-order chi connectivity index (χ0) is 29.5. The molecular weight excluding hydrogens is 726 g/mol. The molecule has 0 aromatic heterocycles. The molecule has 2 aromatic rings. The molecule has 0 heterocycles. The quantitative estimate of drug-likeness (QED) is 0.115. The summed E-state index contributed by atoms with van der Waals surface area (Å²) < 4.78 is 9.99. The van der Waals surface area contributed by atoms with Gasteiger partial charge in [0.2, 0.25) is 0 Å². The van der Waals surface area contributed by atoms with Crippen molar-refractivity contribution in [3.8, 4) is 23.0 Å². The number of para-hydroxylation sites is 2. The average Bonchev–Trinajstić information content (AvgIpc) is 2.81. The minimum Gasteiger partial charge on any atom is -0.870 e. The number of nitrogens with zero attached hydrogens (tertiary/aromatic N) is 5. The standard InChI is InChI=1S/C20H24N2O4.Cu.3NO3.Nd/c1-25-17-9-5-7-15(19(17)23)13-21-11-3-4-12-22-14-16-8-6-10-18(26-2)20(16)24;;3*2-1(3)4;/h5-10,13-14,23-24H,3-4,11-12H2,1-2H3;;;;;/q;+2;3*-1;+3/p-2. The first-order valence-corrected chi connectivity index (χ1v) is 9.99. The fraction of sp³-hybridized carbons (Fsp3) is 0.300. The molecule has 0 amide bonds. The van der Waals surface area contributed by atoms with Crippen LogP contribution in [0.25, 0.3) is 0 Å². The molecule has 40 heavy (non-hydrogen) atoms. The van der Waals surface area contributed by atoms with E-state index in [9.17, 15) is 10.2 Å². The smallest absolute Gasteiger partial charge is 0.870 e. The molecule has 0 aliphatic rings. The van der Waals surface area contributed by atoms with E-state index in [1.807, 2.05) is 0 Å². The van der Waals surface area contributed by atoms with E-state index in [1.165, 1.54) is 14.2 Å². The van der Waals surface area contributed by atoms with Crippen LogP contribution in [0.15, 0.2) is 46.4 Å². The van der Waals surface area contributed by atoms with Crippen molar-refractivity contribution < 1.29 is 92.9 Å². The van der Waals surface area contributed by atoms with Gasteiger partial charge >= 0.3 is 57.9 Å². The molecule has 0 unspecified atom stereocenters. The molecule has 0 bridgehead atoms. The third kappa shape index (κ3) is 24.8. The molecule has 0 spiro atoms. The van der Waals surface area contributed by atoms with Gasteiger partial charge in [0.1, 0.15) is 11.5 Å². The van der Waals surface area contributed by atoms with Crippen molar-refractivity contribution in [1.82, 2.24) is 0 Å². The molecule has 2 rings (SSSR count). The Morgan fingerprint density at radius 3 is 1.20 bits per heavy atom. The second kappa shape index (κ2) is 27.0. The third-order valence-corrected chi connectivity index (χ3v) is 3.74. The molecule has 0 N–H and O–H groups in total. The van der Waals surface area contributed by atoms with Gasteiger partial charge in [-0.2, -0.15) is 0 Å². The summed E-state index contributed by atoms with van der Waals surface area (Å²) in [5.74, 6) is 0.322. The Kier molecular flexibility index (Phi) is 29.4. The predicted molar refractivity (Wildman–Crippen MR) is 130 cm³/mol. The Labute approximate surface area is 270 Å². The first kappa shape index (κ1) is 43.5. The van der Waals surface area contributed by atoms with Gasteiger partial charge in [0, 0.05) is 25.5 Å². The minimum absolute atomic E-state index is 0. The van der Waals surface area contributed by atoms with Gasteiger partial charge in [0.05, 0.1) is 29.5 Å². The topological polar surface area (TPSA) is 288 Å². The van der Waals surface area contributed by atoms with Gasteiger partial charge in [-0.05, 0) is 36.1 Å². The number of unbranched alkanes of at least 4 members (excludes halogenated alkanes) is 1. The maximum Gasteiger partial charge on any atom is 3.00 e. The molecule has 0 atom stereocenters. The van der Waals surface area contributed by atoms with Crippen molar-refractivity contribution in [3.63, 3.8) is 0 Å². The molecule has 0 aliphatic heterocycles. The van der Waals surface area contributed by atoms with Crippen LogP contribution in [-0.2, 0) is 17.1 Å². The van der Waals surface area contributed by atoms with E-state index < -0.39 is 15.3 Å². The summed E-state index contributed by atoms with van der Waals surface area (Å²) in [5, 5.41) is 68.1. The van der Waals surface area contributed by atoms with Gasteiger partial charge in [-0.25, -0.2) is 0 Å². The Hall–Kier alpha value is -3.55. The number of methoxy groups -OCH3 is 2. The van der Waals surface area contributed by atoms with E-state index in [-0.39, 0.29) is 69.4 Å². The van der Waals surface area contributed by atoms with Crippen LogP contribution in [0.2, 0.25) is 0 Å². The first-order chi connectivity index (χ1) is 17.9. The monoisotopic (exact) mass is 745 g/mol. The fourth-order valence-electron chi connectivity index (χ4n) is 2.32. The molecule has 220 valence electrons. The van der Waals surface area contributed by atoms with Crippen molar-refractivity contribution in [1.29, 1.82) is 0 Å². The summed E-state index contributed by atoms with van der Waals surface area (Å²) in [6.07, 6.45) is 4.84. The SMILES string of the molecule is COc1cccc(C=NCCCCN=Cc2cccc(OC)c2[O-])c1[O-].O=[N+]([O-])[O-].O=[N+]([O-])[O-].O=[N+]([O-])[O-].[Cu+2].[Nd+3]. The Morgan fingerprint density at radius 2 is 0.950 bits per heavy atom. The summed E-state index contributed by atoms with van der Waals surface area (Å²) >= 11 is 0. The van der Waals surface area contributed by atoms with Crippen LogP contribution in [0.1, 0.15) is 24.0 Å². The number of hydrogen-bond donors (Lipinski definition) is 0. The fourth-order valence-corrected chi connectivity index (χ4v) is 2.32. The van der Waals surface area contributed by atoms with Gasteiger partial charge in [0.25, 0.3) is 0 Å². The first-order valence-electron chi connectivity index (χ1n) is 9.99. The number of ether oxygens (including phenoxy) is 2. The summed E-state index contributed by atoms with van der Waals surface area (Å²) in [6, 6.07) is 10.2. The van der Waals surface area contributed by atoms with Crippen molar-refractivity contribution in [2.75, 3.05) is 27.3 Å². The average molecular weight is 748 g/mol. The van der Waals surface area contributed by atoms with E-state index in [4.69, 9.17) is 55.4 Å². The number of aliphatic imine (C=N–C) groups is 2. The van der Waals surface area contributed by atoms with Crippen LogP contribution in [0, 0.1) is 86.8 Å². The molecule has 2 aromatic carbocycles. The second-order valence-electron chi connectivity index (χ2n) is 6.21. The number of rotatable bonds is 9. The molecule has 2 radical (unpaired) electrons. The summed E-state index contributed by atoms with van der Waals surface area (Å²) in [4.78, 5) is 33.3. The maximum absolute atomic E-state index is 11.9. The van der Waals surface area contributed by atoms with E-state index in [2.05, 4.69) is 9.98 Å². The maximum atomic E-state index is 11.9. The van der Waals surface area contributed by atoms with E-state index in [0.29, 0.717) is 35.7 Å². The largest absolute Gasteiger partial charge is 3.00 e. The van der Waals surface area contributed by atoms with Gasteiger partial charge in [0.15, 0.2) is 0 Å². The van der Waals surface area contributed by atoms with Crippen LogP contribution in [0.4, 0.5) is 0 Å². The molecule has 0 fully saturated rings. The van der Waals surface area contributed by atoms with Crippen molar-refractivity contribution in [2.45, 2.75) is 12.8 Å². The van der Waals surface area contributed by atoms with E-state index >= 15 is 0 Å². The number of benzene rings is 2. The molecule has 20 heteroatoms. The summed E-state index contributed by atoms with van der Waals surface area (Å²) in [6.45, 7) is 1.22. The summed E-state index contributed by atoms with van der Waals surface area (Å²) in [5.41, 5.74) is 1.03. The van der Waals surface area contributed by atoms with Crippen molar-refractivity contribution in [3.05, 3.63) is 93.5 Å². The van der Waals surface area contributed by atoms with Crippen LogP contribution in [0.3, 0.4) is 0 Å². The molecule has 0 saturated heterocycles. The Balaban J connectivity index is -0.000000392. The number of hydrogen-bond acceptors (Lipinski definition) is 15. The van der Waals surface area contributed by atoms with Crippen molar-refractivity contribution in [2.24, 2.45) is 9.98 Å². The third-order valence-electron chi connectivity index (χ3n) is 3.74. The normalized spacial score (nSPS) is 9.15. The molecule has 0 aliphatic carbocycles. The zero-order valence-corrected chi connectivity index (χ0v) is 24.9. The van der Waals surface area contributed by atoms with Crippen LogP contribution < -0.4 is 19.7 Å². The van der Waals surface area contributed by atoms with Crippen LogP contribution in [0.5, 0.6) is 23.0 Å². The summed E-state index contributed by atoms with van der Waals surface area (Å²) in [7, 11) is 2.94. The van der Waals surface area contributed by atoms with Gasteiger partial charge < -0.3 is 65.7 Å². The van der Waals surface area contributed by atoms with Gasteiger partial charge in [-0.15, -0.1) is 0 Å². The van der Waals surface area contributed by atoms with Crippen LogP contribution >= 0.6 is 0 Å². The van der Waals surface area contributed by atoms with E-state index in [0.717, 1.165) is 12.8 Å². The molecule has 18 nitrogen and oxygen atoms in total. The van der Waals surface area contributed by atoms with Gasteiger partial charge in [-0.3, -0.25) is 9.98 Å². The minimum atomic E-state index is -1.75. The van der Waals surface area contributed by atoms with Gasteiger partial charge in [-0.1, -0.05) is 35.8 Å². The second-order valence-corrected chi connectivity index (χ2v) is 6.21. The van der Waals surface area contributed by atoms with E-state index in [1.54, 1.807) is 48.8 Å². The Morgan fingerprint density at radius 1 is 0.675 bits per heavy atom. The Bertz CT molecular complexity index is 971. The predicted octanol–water partition coefficient (Wildman–Crippen LogP) is 1.45. The molecule has 0 saturated carbocycles. The van der Waals surface area contributed by atoms with Crippen LogP contribution in [-0.4, -0.2) is 55.0 Å². The van der Waals surface area contributed by atoms with Crippen molar-refractivity contribution >= 4 is 12.4 Å². The zero-order valence-electron chi connectivity index (χ0n) is 20.8. The molecular formula is C20H22CuN5NdO13.